The van der Waals surface area contributed by atoms with Gasteiger partial charge in [-0.15, -0.1) is 0 Å². The molecule has 0 aliphatic rings. The largest absolute Gasteiger partial charge is 0.465 e. The summed E-state index contributed by atoms with van der Waals surface area (Å²) in [5.41, 5.74) is 0.874. The molecule has 0 fully saturated rings. The second-order valence-corrected chi connectivity index (χ2v) is 4.32. The minimum Gasteiger partial charge on any atom is -0.465 e. The second-order valence-electron chi connectivity index (χ2n) is 4.32. The molecule has 0 aromatic heterocycles. The lowest BCUT2D eigenvalue weighted by molar-refractivity contribution is -0.152. The summed E-state index contributed by atoms with van der Waals surface area (Å²) in [4.78, 5) is 34.8. The molecule has 0 spiro atoms. The van der Waals surface area contributed by atoms with Crippen molar-refractivity contribution in [2.24, 2.45) is 5.92 Å². The summed E-state index contributed by atoms with van der Waals surface area (Å²) >= 11 is 0. The average Bonchev–Trinajstić information content (AvgIpc) is 2.37. The van der Waals surface area contributed by atoms with Gasteiger partial charge in [0, 0.05) is 12.8 Å². The van der Waals surface area contributed by atoms with Crippen LogP contribution in [-0.2, 0) is 25.5 Å². The fourth-order valence-electron chi connectivity index (χ4n) is 1.76. The average molecular weight is 262 g/mol. The quantitative estimate of drug-likeness (QED) is 0.556. The molecule has 0 saturated heterocycles. The van der Waals surface area contributed by atoms with Crippen molar-refractivity contribution in [2.45, 2.75) is 26.7 Å². The van der Waals surface area contributed by atoms with Crippen LogP contribution in [-0.4, -0.2) is 24.1 Å². The third-order valence-corrected chi connectivity index (χ3v) is 2.74. The van der Waals surface area contributed by atoms with Crippen LogP contribution >= 0.6 is 0 Å². The van der Waals surface area contributed by atoms with Crippen LogP contribution in [0.3, 0.4) is 0 Å². The Morgan fingerprint density at radius 1 is 1.16 bits per heavy atom. The summed E-state index contributed by atoms with van der Waals surface area (Å²) < 4.78 is 4.80. The molecule has 4 nitrogen and oxygen atoms in total. The monoisotopic (exact) mass is 262 g/mol. The molecule has 0 amide bonds. The van der Waals surface area contributed by atoms with Gasteiger partial charge in [-0.05, 0) is 19.4 Å². The number of carbonyl (C=O) groups is 3. The SMILES string of the molecule is CCOC(=O)C(CC(=O)Cc1ccccc1)C(C)=O. The Bertz CT molecular complexity index is 450. The van der Waals surface area contributed by atoms with Gasteiger partial charge in [-0.2, -0.15) is 0 Å². The lowest BCUT2D eigenvalue weighted by atomic mass is 9.95. The maximum Gasteiger partial charge on any atom is 0.316 e. The van der Waals surface area contributed by atoms with Gasteiger partial charge in [-0.3, -0.25) is 14.4 Å². The molecule has 1 unspecified atom stereocenters. The minimum atomic E-state index is -0.976. The first-order chi connectivity index (χ1) is 9.04. The fraction of sp³-hybridized carbons (Fsp3) is 0.400. The van der Waals surface area contributed by atoms with Gasteiger partial charge in [-0.25, -0.2) is 0 Å². The van der Waals surface area contributed by atoms with Gasteiger partial charge in [0.15, 0.2) is 0 Å². The molecule has 0 radical (unpaired) electrons. The molecule has 0 aliphatic heterocycles. The highest BCUT2D eigenvalue weighted by Crippen LogP contribution is 2.11. The Morgan fingerprint density at radius 3 is 2.32 bits per heavy atom. The summed E-state index contributed by atoms with van der Waals surface area (Å²) in [7, 11) is 0. The molecule has 102 valence electrons. The first-order valence-electron chi connectivity index (χ1n) is 6.27. The minimum absolute atomic E-state index is 0.0942. The zero-order valence-corrected chi connectivity index (χ0v) is 11.2. The number of hydrogen-bond donors (Lipinski definition) is 0. The van der Waals surface area contributed by atoms with Crippen molar-refractivity contribution in [3.63, 3.8) is 0 Å². The molecule has 19 heavy (non-hydrogen) atoms. The first kappa shape index (κ1) is 15.1. The summed E-state index contributed by atoms with van der Waals surface area (Å²) in [5.74, 6) is -2.06. The Morgan fingerprint density at radius 2 is 1.79 bits per heavy atom. The molecule has 4 heteroatoms. The summed E-state index contributed by atoms with van der Waals surface area (Å²) in [6.45, 7) is 3.17. The van der Waals surface area contributed by atoms with Gasteiger partial charge in [0.25, 0.3) is 0 Å². The van der Waals surface area contributed by atoms with Crippen LogP contribution in [0.4, 0.5) is 0 Å². The van der Waals surface area contributed by atoms with E-state index in [0.717, 1.165) is 5.56 Å². The maximum absolute atomic E-state index is 11.9. The van der Waals surface area contributed by atoms with Crippen LogP contribution in [0.5, 0.6) is 0 Å². The van der Waals surface area contributed by atoms with E-state index in [0.29, 0.717) is 0 Å². The third-order valence-electron chi connectivity index (χ3n) is 2.74. The predicted molar refractivity (Wildman–Crippen MR) is 70.6 cm³/mol. The molecule has 0 bridgehead atoms. The molecule has 1 aromatic rings. The van der Waals surface area contributed by atoms with E-state index in [1.54, 1.807) is 6.92 Å². The first-order valence-corrected chi connectivity index (χ1v) is 6.27. The zero-order chi connectivity index (χ0) is 14.3. The van der Waals surface area contributed by atoms with Crippen LogP contribution in [0.25, 0.3) is 0 Å². The molecular formula is C15H18O4. The van der Waals surface area contributed by atoms with Crippen molar-refractivity contribution in [3.05, 3.63) is 35.9 Å². The smallest absolute Gasteiger partial charge is 0.316 e. The van der Waals surface area contributed by atoms with E-state index in [4.69, 9.17) is 4.74 Å². The third kappa shape index (κ3) is 5.04. The fourth-order valence-corrected chi connectivity index (χ4v) is 1.76. The van der Waals surface area contributed by atoms with Crippen LogP contribution in [0.1, 0.15) is 25.8 Å². The van der Waals surface area contributed by atoms with E-state index < -0.39 is 11.9 Å². The highest BCUT2D eigenvalue weighted by Gasteiger charge is 2.27. The van der Waals surface area contributed by atoms with Gasteiger partial charge >= 0.3 is 5.97 Å². The number of hydrogen-bond acceptors (Lipinski definition) is 4. The number of Topliss-reactive ketones (excluding diaryl/α,β-unsaturated/α-hetero) is 2. The maximum atomic E-state index is 11.9. The lowest BCUT2D eigenvalue weighted by Gasteiger charge is -2.11. The highest BCUT2D eigenvalue weighted by molar-refractivity contribution is 6.01. The van der Waals surface area contributed by atoms with Crippen LogP contribution in [0.2, 0.25) is 0 Å². The number of benzene rings is 1. The number of ketones is 2. The van der Waals surface area contributed by atoms with Crippen molar-refractivity contribution in [1.82, 2.24) is 0 Å². The molecule has 0 N–H and O–H groups in total. The molecule has 1 aromatic carbocycles. The van der Waals surface area contributed by atoms with Crippen LogP contribution in [0.15, 0.2) is 30.3 Å². The lowest BCUT2D eigenvalue weighted by Crippen LogP contribution is -2.27. The summed E-state index contributed by atoms with van der Waals surface area (Å²) in [6, 6.07) is 9.23. The Kier molecular flexibility index (Phi) is 5.93. The number of carbonyl (C=O) groups excluding carboxylic acids is 3. The number of ether oxygens (including phenoxy) is 1. The number of esters is 1. The van der Waals surface area contributed by atoms with Crippen LogP contribution < -0.4 is 0 Å². The van der Waals surface area contributed by atoms with Crippen LogP contribution in [0, 0.1) is 5.92 Å². The molecule has 1 rings (SSSR count). The Balaban J connectivity index is 2.62. The molecule has 1 atom stereocenters. The van der Waals surface area contributed by atoms with E-state index in [9.17, 15) is 14.4 Å². The molecular weight excluding hydrogens is 244 g/mol. The summed E-state index contributed by atoms with van der Waals surface area (Å²) in [6.07, 6.45) is 0.132. The normalized spacial score (nSPS) is 11.7. The van der Waals surface area contributed by atoms with Gasteiger partial charge < -0.3 is 4.74 Å². The van der Waals surface area contributed by atoms with Crippen molar-refractivity contribution in [1.29, 1.82) is 0 Å². The summed E-state index contributed by atoms with van der Waals surface area (Å²) in [5, 5.41) is 0. The van der Waals surface area contributed by atoms with E-state index in [2.05, 4.69) is 0 Å². The zero-order valence-electron chi connectivity index (χ0n) is 11.2. The second kappa shape index (κ2) is 7.46. The van der Waals surface area contributed by atoms with Gasteiger partial charge in [0.1, 0.15) is 17.5 Å². The van der Waals surface area contributed by atoms with E-state index in [1.807, 2.05) is 30.3 Å². The molecule has 0 saturated carbocycles. The van der Waals surface area contributed by atoms with Crippen molar-refractivity contribution in [2.75, 3.05) is 6.61 Å². The Hall–Kier alpha value is -1.97. The highest BCUT2D eigenvalue weighted by atomic mass is 16.5. The van der Waals surface area contributed by atoms with E-state index >= 15 is 0 Å². The van der Waals surface area contributed by atoms with Crippen molar-refractivity contribution < 1.29 is 19.1 Å². The van der Waals surface area contributed by atoms with Gasteiger partial charge in [0.2, 0.25) is 0 Å². The van der Waals surface area contributed by atoms with Crippen molar-refractivity contribution in [3.8, 4) is 0 Å². The molecule has 0 aliphatic carbocycles. The van der Waals surface area contributed by atoms with E-state index in [-0.39, 0.29) is 31.0 Å². The standard InChI is InChI=1S/C15H18O4/c1-3-19-15(18)14(11(2)16)10-13(17)9-12-7-5-4-6-8-12/h4-8,14H,3,9-10H2,1-2H3. The topological polar surface area (TPSA) is 60.4 Å². The van der Waals surface area contributed by atoms with Gasteiger partial charge in [-0.1, -0.05) is 30.3 Å². The van der Waals surface area contributed by atoms with Crippen molar-refractivity contribution >= 4 is 17.5 Å². The molecule has 0 heterocycles. The Labute approximate surface area is 112 Å². The number of rotatable bonds is 7. The predicted octanol–water partition coefficient (Wildman–Crippen LogP) is 1.96. The van der Waals surface area contributed by atoms with Gasteiger partial charge in [0.05, 0.1) is 6.61 Å². The van der Waals surface area contributed by atoms with E-state index in [1.165, 1.54) is 6.92 Å².